The Morgan fingerprint density at radius 1 is 1.12 bits per heavy atom. The molecule has 2 aliphatic rings. The molecule has 2 atom stereocenters. The first kappa shape index (κ1) is 25.1. The Hall–Kier alpha value is -1.58. The number of rotatable bonds is 8. The molecule has 0 amide bonds. The second-order valence-electron chi connectivity index (χ2n) is 8.72. The van der Waals surface area contributed by atoms with Crippen LogP contribution in [0.4, 0.5) is 0 Å². The Balaban J connectivity index is 0.00000289. The number of halogens is 1. The average molecular weight is 553 g/mol. The highest BCUT2D eigenvalue weighted by Gasteiger charge is 2.24. The number of piperidine rings is 1. The lowest BCUT2D eigenvalue weighted by atomic mass is 10.0. The first-order chi connectivity index (χ1) is 15.3. The fourth-order valence-corrected chi connectivity index (χ4v) is 4.43. The van der Waals surface area contributed by atoms with Gasteiger partial charge in [-0.05, 0) is 43.9 Å². The summed E-state index contributed by atoms with van der Waals surface area (Å²) >= 11 is 0. The van der Waals surface area contributed by atoms with E-state index < -0.39 is 0 Å². The predicted molar refractivity (Wildman–Crippen MR) is 140 cm³/mol. The zero-order valence-corrected chi connectivity index (χ0v) is 21.4. The van der Waals surface area contributed by atoms with E-state index in [2.05, 4.69) is 52.8 Å². The number of aliphatic imine (C=N–C) groups is 1. The molecule has 7 heteroatoms. The molecule has 1 aromatic carbocycles. The Labute approximate surface area is 209 Å². The molecule has 0 spiro atoms. The fourth-order valence-electron chi connectivity index (χ4n) is 4.43. The van der Waals surface area contributed by atoms with Crippen LogP contribution >= 0.6 is 24.0 Å². The van der Waals surface area contributed by atoms with Gasteiger partial charge in [-0.2, -0.15) is 0 Å². The van der Waals surface area contributed by atoms with Gasteiger partial charge in [-0.3, -0.25) is 9.89 Å². The summed E-state index contributed by atoms with van der Waals surface area (Å²) in [6.07, 6.45) is 5.95. The lowest BCUT2D eigenvalue weighted by Crippen LogP contribution is -2.49. The summed E-state index contributed by atoms with van der Waals surface area (Å²) in [6, 6.07) is 15.7. The Morgan fingerprint density at radius 2 is 1.94 bits per heavy atom. The van der Waals surface area contributed by atoms with Crippen molar-refractivity contribution in [2.75, 3.05) is 39.4 Å². The molecule has 0 radical (unpaired) electrons. The van der Waals surface area contributed by atoms with Crippen LogP contribution in [0.25, 0.3) is 0 Å². The van der Waals surface area contributed by atoms with Crippen molar-refractivity contribution in [3.05, 3.63) is 60.1 Å². The summed E-state index contributed by atoms with van der Waals surface area (Å²) < 4.78 is 11.0. The highest BCUT2D eigenvalue weighted by molar-refractivity contribution is 14.0. The number of benzene rings is 1. The van der Waals surface area contributed by atoms with Crippen LogP contribution in [0.2, 0.25) is 0 Å². The lowest BCUT2D eigenvalue weighted by Gasteiger charge is -2.37. The van der Waals surface area contributed by atoms with Crippen molar-refractivity contribution in [1.29, 1.82) is 0 Å². The number of guanidine groups is 1. The third-order valence-corrected chi connectivity index (χ3v) is 6.48. The topological polar surface area (TPSA) is 62.0 Å². The number of nitrogens with one attached hydrogen (secondary N) is 2. The molecule has 2 N–H and O–H groups in total. The number of hydrogen-bond acceptors (Lipinski definition) is 4. The molecule has 2 unspecified atom stereocenters. The van der Waals surface area contributed by atoms with E-state index in [1.165, 1.54) is 5.56 Å². The normalized spacial score (nSPS) is 21.2. The lowest BCUT2D eigenvalue weighted by molar-refractivity contribution is 0.158. The van der Waals surface area contributed by atoms with E-state index in [9.17, 15) is 0 Å². The van der Waals surface area contributed by atoms with Crippen molar-refractivity contribution in [2.45, 2.75) is 44.7 Å². The minimum absolute atomic E-state index is 0. The van der Waals surface area contributed by atoms with E-state index in [0.29, 0.717) is 18.0 Å². The van der Waals surface area contributed by atoms with Crippen LogP contribution in [0.5, 0.6) is 0 Å². The van der Waals surface area contributed by atoms with E-state index in [0.717, 1.165) is 76.8 Å². The van der Waals surface area contributed by atoms with E-state index in [1.54, 1.807) is 6.26 Å². The van der Waals surface area contributed by atoms with Crippen LogP contribution in [0.15, 0.2) is 58.1 Å². The van der Waals surface area contributed by atoms with Crippen molar-refractivity contribution in [2.24, 2.45) is 10.9 Å². The van der Waals surface area contributed by atoms with Gasteiger partial charge in [0, 0.05) is 57.2 Å². The second kappa shape index (κ2) is 13.2. The largest absolute Gasteiger partial charge is 0.469 e. The van der Waals surface area contributed by atoms with Crippen molar-refractivity contribution < 1.29 is 9.15 Å². The highest BCUT2D eigenvalue weighted by atomic mass is 127. The van der Waals surface area contributed by atoms with Crippen LogP contribution in [-0.4, -0.2) is 56.3 Å². The number of nitrogens with zero attached hydrogens (tertiary/aromatic N) is 2. The quantitative estimate of drug-likeness (QED) is 0.292. The molecule has 4 rings (SSSR count). The first-order valence-corrected chi connectivity index (χ1v) is 11.7. The first-order valence-electron chi connectivity index (χ1n) is 11.7. The highest BCUT2D eigenvalue weighted by Crippen LogP contribution is 2.24. The van der Waals surface area contributed by atoms with Crippen LogP contribution in [0, 0.1) is 5.92 Å². The van der Waals surface area contributed by atoms with Gasteiger partial charge in [0.05, 0.1) is 12.9 Å². The Morgan fingerprint density at radius 3 is 2.62 bits per heavy atom. The molecule has 3 heterocycles. The van der Waals surface area contributed by atoms with E-state index >= 15 is 0 Å². The molecule has 2 aliphatic heterocycles. The molecule has 2 aromatic rings. The van der Waals surface area contributed by atoms with E-state index in [-0.39, 0.29) is 24.0 Å². The van der Waals surface area contributed by atoms with Crippen molar-refractivity contribution in [3.63, 3.8) is 0 Å². The van der Waals surface area contributed by atoms with Crippen LogP contribution < -0.4 is 10.6 Å². The van der Waals surface area contributed by atoms with Crippen molar-refractivity contribution in [3.8, 4) is 0 Å². The number of likely N-dealkylation sites (tertiary alicyclic amines) is 1. The summed E-state index contributed by atoms with van der Waals surface area (Å²) in [5.41, 5.74) is 1.40. The zero-order chi connectivity index (χ0) is 21.3. The van der Waals surface area contributed by atoms with Gasteiger partial charge in [0.25, 0.3) is 0 Å². The smallest absolute Gasteiger partial charge is 0.191 e. The molecule has 6 nitrogen and oxygen atoms in total. The molecular weight excluding hydrogens is 515 g/mol. The third kappa shape index (κ3) is 7.49. The van der Waals surface area contributed by atoms with Gasteiger partial charge in [0.1, 0.15) is 5.76 Å². The number of hydrogen-bond donors (Lipinski definition) is 2. The van der Waals surface area contributed by atoms with Gasteiger partial charge in [-0.1, -0.05) is 30.3 Å². The van der Waals surface area contributed by atoms with Crippen LogP contribution in [-0.2, 0) is 11.2 Å². The summed E-state index contributed by atoms with van der Waals surface area (Å²) in [6.45, 7) is 7.85. The Kier molecular flexibility index (Phi) is 10.3. The van der Waals surface area contributed by atoms with Gasteiger partial charge < -0.3 is 19.8 Å². The number of ether oxygens (including phenoxy) is 1. The van der Waals surface area contributed by atoms with E-state index in [1.807, 2.05) is 12.1 Å². The number of furan rings is 1. The minimum atomic E-state index is 0. The second-order valence-corrected chi connectivity index (χ2v) is 8.72. The molecule has 2 fully saturated rings. The zero-order valence-electron chi connectivity index (χ0n) is 19.0. The van der Waals surface area contributed by atoms with Gasteiger partial charge in [-0.15, -0.1) is 24.0 Å². The molecular formula is C25H37IN4O2. The molecule has 0 aliphatic carbocycles. The molecule has 0 saturated carbocycles. The van der Waals surface area contributed by atoms with Gasteiger partial charge in [0.15, 0.2) is 5.96 Å². The average Bonchev–Trinajstić information content (AvgIpc) is 3.52. The van der Waals surface area contributed by atoms with E-state index in [4.69, 9.17) is 14.1 Å². The molecule has 1 aromatic heterocycles. The standard InChI is InChI=1S/C25H36N4O2.HI/c1-20(22-6-3-2-4-7-22)29-14-10-23(11-15-29)28-25(27-18-21-12-17-30-19-21)26-13-9-24-8-5-16-31-24;/h2-8,16,20-21,23H,9-15,17-19H2,1H3,(H2,26,27,28);1H. The van der Waals surface area contributed by atoms with Gasteiger partial charge in [-0.25, -0.2) is 0 Å². The summed E-state index contributed by atoms with van der Waals surface area (Å²) in [4.78, 5) is 7.48. The summed E-state index contributed by atoms with van der Waals surface area (Å²) in [5, 5.41) is 7.21. The van der Waals surface area contributed by atoms with Crippen molar-refractivity contribution in [1.82, 2.24) is 15.5 Å². The maximum Gasteiger partial charge on any atom is 0.191 e. The fraction of sp³-hybridized carbons (Fsp3) is 0.560. The van der Waals surface area contributed by atoms with Crippen LogP contribution in [0.1, 0.15) is 43.6 Å². The Bertz CT molecular complexity index is 786. The van der Waals surface area contributed by atoms with Crippen LogP contribution in [0.3, 0.4) is 0 Å². The van der Waals surface area contributed by atoms with Crippen molar-refractivity contribution >= 4 is 29.9 Å². The summed E-state index contributed by atoms with van der Waals surface area (Å²) in [7, 11) is 0. The monoisotopic (exact) mass is 552 g/mol. The third-order valence-electron chi connectivity index (χ3n) is 6.48. The van der Waals surface area contributed by atoms with Gasteiger partial charge >= 0.3 is 0 Å². The minimum Gasteiger partial charge on any atom is -0.469 e. The SMILES string of the molecule is CC(c1ccccc1)N1CCC(NC(=NCC2CCOC2)NCCc2ccco2)CC1.I. The predicted octanol–water partition coefficient (Wildman–Crippen LogP) is 4.24. The molecule has 2 saturated heterocycles. The maximum atomic E-state index is 5.51. The molecule has 176 valence electrons. The maximum absolute atomic E-state index is 5.51. The molecule has 32 heavy (non-hydrogen) atoms. The van der Waals surface area contributed by atoms with Gasteiger partial charge in [0.2, 0.25) is 0 Å². The molecule has 0 bridgehead atoms. The summed E-state index contributed by atoms with van der Waals surface area (Å²) in [5.74, 6) is 2.46.